The highest BCUT2D eigenvalue weighted by Crippen LogP contribution is 2.27. The number of hydrogen-bond acceptors (Lipinski definition) is 6. The van der Waals surface area contributed by atoms with Gasteiger partial charge in [-0.25, -0.2) is 9.97 Å². The molecule has 0 atom stereocenters. The summed E-state index contributed by atoms with van der Waals surface area (Å²) in [6, 6.07) is 9.91. The Morgan fingerprint density at radius 1 is 1.32 bits per heavy atom. The first-order valence-corrected chi connectivity index (χ1v) is 8.61. The van der Waals surface area contributed by atoms with Gasteiger partial charge in [0.1, 0.15) is 22.8 Å². The highest BCUT2D eigenvalue weighted by atomic mass is 32.2. The van der Waals surface area contributed by atoms with E-state index in [1.54, 1.807) is 11.3 Å². The molecule has 0 bridgehead atoms. The van der Waals surface area contributed by atoms with Crippen LogP contribution >= 0.6 is 23.1 Å². The number of aryl methyl sites for hydroxylation is 1. The summed E-state index contributed by atoms with van der Waals surface area (Å²) in [5.41, 5.74) is 2.16. The Hall–Kier alpha value is -1.92. The molecule has 0 fully saturated rings. The molecule has 0 saturated carbocycles. The molecule has 0 aliphatic carbocycles. The Morgan fingerprint density at radius 2 is 2.23 bits per heavy atom. The molecule has 0 unspecified atom stereocenters. The molecular weight excluding hydrogens is 316 g/mol. The maximum atomic E-state index is 11.9. The van der Waals surface area contributed by atoms with Crippen molar-refractivity contribution < 1.29 is 9.53 Å². The molecule has 0 amide bonds. The van der Waals surface area contributed by atoms with Gasteiger partial charge in [-0.15, -0.1) is 11.3 Å². The monoisotopic (exact) mass is 330 g/mol. The molecule has 0 saturated heterocycles. The fourth-order valence-electron chi connectivity index (χ4n) is 2.02. The van der Waals surface area contributed by atoms with E-state index in [1.807, 2.05) is 42.6 Å². The van der Waals surface area contributed by atoms with Crippen LogP contribution in [0.1, 0.15) is 11.1 Å². The lowest BCUT2D eigenvalue weighted by atomic mass is 10.1. The summed E-state index contributed by atoms with van der Waals surface area (Å²) >= 11 is 2.95. The van der Waals surface area contributed by atoms with Gasteiger partial charge in [-0.1, -0.05) is 41.6 Å². The van der Waals surface area contributed by atoms with Gasteiger partial charge >= 0.3 is 5.97 Å². The summed E-state index contributed by atoms with van der Waals surface area (Å²) < 4.78 is 5.30. The maximum absolute atomic E-state index is 11.9. The molecule has 1 aromatic carbocycles. The van der Waals surface area contributed by atoms with Gasteiger partial charge in [0.05, 0.1) is 5.75 Å². The minimum absolute atomic E-state index is 0.242. The smallest absolute Gasteiger partial charge is 0.316 e. The normalized spacial score (nSPS) is 10.8. The highest BCUT2D eigenvalue weighted by molar-refractivity contribution is 8.00. The average Bonchev–Trinajstić information content (AvgIpc) is 3.00. The summed E-state index contributed by atoms with van der Waals surface area (Å²) in [5, 5.41) is 3.78. The number of nitrogens with zero attached hydrogens (tertiary/aromatic N) is 2. The fourth-order valence-corrected chi connectivity index (χ4v) is 3.59. The molecule has 112 valence electrons. The number of benzene rings is 1. The zero-order valence-electron chi connectivity index (χ0n) is 12.0. The van der Waals surface area contributed by atoms with Gasteiger partial charge in [0, 0.05) is 5.39 Å². The second kappa shape index (κ2) is 6.89. The molecule has 6 heteroatoms. The minimum Gasteiger partial charge on any atom is -0.460 e. The summed E-state index contributed by atoms with van der Waals surface area (Å²) in [4.78, 5) is 21.2. The van der Waals surface area contributed by atoms with Crippen molar-refractivity contribution in [3.8, 4) is 0 Å². The molecule has 0 N–H and O–H groups in total. The second-order valence-electron chi connectivity index (χ2n) is 4.76. The SMILES string of the molecule is Cc1cccc(COC(=O)CSc2ncnc3sccc23)c1. The van der Waals surface area contributed by atoms with Gasteiger partial charge in [0.2, 0.25) is 0 Å². The molecular formula is C16H14N2O2S2. The minimum atomic E-state index is -0.242. The van der Waals surface area contributed by atoms with Crippen molar-refractivity contribution in [3.63, 3.8) is 0 Å². The zero-order chi connectivity index (χ0) is 15.4. The van der Waals surface area contributed by atoms with Crippen LogP contribution in [0.5, 0.6) is 0 Å². The van der Waals surface area contributed by atoms with Gasteiger partial charge in [0.15, 0.2) is 0 Å². The van der Waals surface area contributed by atoms with E-state index < -0.39 is 0 Å². The molecule has 22 heavy (non-hydrogen) atoms. The van der Waals surface area contributed by atoms with Crippen LogP contribution in [0.2, 0.25) is 0 Å². The van der Waals surface area contributed by atoms with Crippen molar-refractivity contribution >= 4 is 39.3 Å². The van der Waals surface area contributed by atoms with Crippen LogP contribution < -0.4 is 0 Å². The Balaban J connectivity index is 1.55. The summed E-state index contributed by atoms with van der Waals surface area (Å²) in [7, 11) is 0. The standard InChI is InChI=1S/C16H14N2O2S2/c1-11-3-2-4-12(7-11)8-20-14(19)9-22-16-13-5-6-21-15(13)17-10-18-16/h2-7,10H,8-9H2,1H3. The number of carbonyl (C=O) groups excluding carboxylic acids is 1. The molecule has 0 aliphatic heterocycles. The molecule has 4 nitrogen and oxygen atoms in total. The third kappa shape index (κ3) is 3.64. The average molecular weight is 330 g/mol. The van der Waals surface area contributed by atoms with E-state index in [0.29, 0.717) is 6.61 Å². The maximum Gasteiger partial charge on any atom is 0.316 e. The number of fused-ring (bicyclic) bond motifs is 1. The van der Waals surface area contributed by atoms with E-state index in [-0.39, 0.29) is 11.7 Å². The van der Waals surface area contributed by atoms with Crippen molar-refractivity contribution in [2.45, 2.75) is 18.6 Å². The largest absolute Gasteiger partial charge is 0.460 e. The Bertz CT molecular complexity index is 801. The number of esters is 1. The van der Waals surface area contributed by atoms with Crippen LogP contribution in [-0.2, 0) is 16.1 Å². The molecule has 0 aliphatic rings. The number of thiophene rings is 1. The first kappa shape index (κ1) is 15.0. The molecule has 0 radical (unpaired) electrons. The summed E-state index contributed by atoms with van der Waals surface area (Å²) in [6.07, 6.45) is 1.53. The molecule has 0 spiro atoms. The number of carbonyl (C=O) groups is 1. The van der Waals surface area contributed by atoms with Gasteiger partial charge < -0.3 is 4.74 Å². The molecule has 3 aromatic rings. The van der Waals surface area contributed by atoms with Crippen LogP contribution in [0.3, 0.4) is 0 Å². The molecule has 2 heterocycles. The second-order valence-corrected chi connectivity index (χ2v) is 6.62. The lowest BCUT2D eigenvalue weighted by Gasteiger charge is -2.06. The Morgan fingerprint density at radius 3 is 3.09 bits per heavy atom. The van der Waals surface area contributed by atoms with Crippen molar-refractivity contribution in [2.75, 3.05) is 5.75 Å². The van der Waals surface area contributed by atoms with Gasteiger partial charge in [0.25, 0.3) is 0 Å². The zero-order valence-corrected chi connectivity index (χ0v) is 13.6. The lowest BCUT2D eigenvalue weighted by Crippen LogP contribution is -2.07. The fraction of sp³-hybridized carbons (Fsp3) is 0.188. The predicted molar refractivity (Wildman–Crippen MR) is 89.1 cm³/mol. The van der Waals surface area contributed by atoms with Crippen molar-refractivity contribution in [1.82, 2.24) is 9.97 Å². The number of hydrogen-bond donors (Lipinski definition) is 0. The third-order valence-electron chi connectivity index (χ3n) is 3.03. The number of rotatable bonds is 5. The summed E-state index contributed by atoms with van der Waals surface area (Å²) in [5.74, 6) is 0.00169. The van der Waals surface area contributed by atoms with Gasteiger partial charge in [-0.3, -0.25) is 4.79 Å². The predicted octanol–water partition coefficient (Wildman–Crippen LogP) is 3.84. The van der Waals surface area contributed by atoms with E-state index in [0.717, 1.165) is 26.4 Å². The number of ether oxygens (including phenoxy) is 1. The van der Waals surface area contributed by atoms with Crippen molar-refractivity contribution in [2.24, 2.45) is 0 Å². The quantitative estimate of drug-likeness (QED) is 0.404. The van der Waals surface area contributed by atoms with Crippen molar-refractivity contribution in [3.05, 3.63) is 53.2 Å². The third-order valence-corrected chi connectivity index (χ3v) is 4.83. The van der Waals surface area contributed by atoms with Gasteiger partial charge in [-0.2, -0.15) is 0 Å². The van der Waals surface area contributed by atoms with E-state index in [9.17, 15) is 4.79 Å². The van der Waals surface area contributed by atoms with Crippen LogP contribution in [-0.4, -0.2) is 21.7 Å². The topological polar surface area (TPSA) is 52.1 Å². The van der Waals surface area contributed by atoms with Crippen LogP contribution in [0, 0.1) is 6.92 Å². The van der Waals surface area contributed by atoms with E-state index in [2.05, 4.69) is 9.97 Å². The lowest BCUT2D eigenvalue weighted by molar-refractivity contribution is -0.141. The van der Waals surface area contributed by atoms with E-state index >= 15 is 0 Å². The number of thioether (sulfide) groups is 1. The molecule has 3 rings (SSSR count). The highest BCUT2D eigenvalue weighted by Gasteiger charge is 2.09. The van der Waals surface area contributed by atoms with Crippen LogP contribution in [0.4, 0.5) is 0 Å². The van der Waals surface area contributed by atoms with E-state index in [1.165, 1.54) is 18.1 Å². The first-order chi connectivity index (χ1) is 10.7. The Labute approximate surface area is 136 Å². The molecule has 2 aromatic heterocycles. The van der Waals surface area contributed by atoms with E-state index in [4.69, 9.17) is 4.74 Å². The van der Waals surface area contributed by atoms with Crippen LogP contribution in [0.25, 0.3) is 10.2 Å². The van der Waals surface area contributed by atoms with Crippen LogP contribution in [0.15, 0.2) is 47.1 Å². The Kier molecular flexibility index (Phi) is 4.70. The first-order valence-electron chi connectivity index (χ1n) is 6.74. The number of aromatic nitrogens is 2. The van der Waals surface area contributed by atoms with Crippen molar-refractivity contribution in [1.29, 1.82) is 0 Å². The summed E-state index contributed by atoms with van der Waals surface area (Å²) in [6.45, 7) is 2.32. The van der Waals surface area contributed by atoms with Gasteiger partial charge in [-0.05, 0) is 23.9 Å².